The Hall–Kier alpha value is -4.05. The molecular weight excluding hydrogens is 440 g/mol. The molecule has 4 rings (SSSR count). The van der Waals surface area contributed by atoms with Crippen LogP contribution >= 0.6 is 0 Å². The quantitative estimate of drug-likeness (QED) is 0.393. The lowest BCUT2D eigenvalue weighted by molar-refractivity contribution is -0.116. The van der Waals surface area contributed by atoms with Gasteiger partial charge in [-0.15, -0.1) is 10.2 Å². The van der Waals surface area contributed by atoms with Gasteiger partial charge in [0, 0.05) is 17.7 Å². The van der Waals surface area contributed by atoms with E-state index in [1.807, 2.05) is 30.3 Å². The number of amides is 1. The Morgan fingerprint density at radius 1 is 0.879 bits per heavy atom. The third-order valence-corrected chi connectivity index (χ3v) is 6.10. The highest BCUT2D eigenvalue weighted by atomic mass is 32.2. The first-order valence-electron chi connectivity index (χ1n) is 10.3. The predicted octanol–water partition coefficient (Wildman–Crippen LogP) is 3.56. The van der Waals surface area contributed by atoms with Crippen molar-refractivity contribution >= 4 is 27.3 Å². The number of carbonyl (C=O) groups is 1. The fourth-order valence-electron chi connectivity index (χ4n) is 3.12. The summed E-state index contributed by atoms with van der Waals surface area (Å²) in [6.45, 7) is 0.449. The number of hydrogen-bond acceptors (Lipinski definition) is 6. The van der Waals surface area contributed by atoms with Crippen molar-refractivity contribution in [2.24, 2.45) is 0 Å². The number of nitrogens with one attached hydrogen (secondary N) is 2. The molecule has 0 aliphatic rings. The first-order chi connectivity index (χ1) is 16.0. The second kappa shape index (κ2) is 10.0. The van der Waals surface area contributed by atoms with Crippen LogP contribution in [0, 0.1) is 0 Å². The van der Waals surface area contributed by atoms with Gasteiger partial charge in [0.25, 0.3) is 10.0 Å². The fraction of sp³-hybridized carbons (Fsp3) is 0.130. The second-order valence-corrected chi connectivity index (χ2v) is 8.91. The summed E-state index contributed by atoms with van der Waals surface area (Å²) in [5.41, 5.74) is 1.74. The molecule has 0 fully saturated rings. The van der Waals surface area contributed by atoms with Crippen molar-refractivity contribution in [1.29, 1.82) is 0 Å². The average Bonchev–Trinajstić information content (AvgIpc) is 3.29. The number of aromatic nitrogens is 4. The van der Waals surface area contributed by atoms with Crippen molar-refractivity contribution in [3.05, 3.63) is 84.9 Å². The SMILES string of the molecule is O=C(CCCn1nnc(-c2ccccc2)n1)Nc1cccc(NS(=O)(=O)c2ccccc2)c1. The van der Waals surface area contributed by atoms with Crippen molar-refractivity contribution in [3.63, 3.8) is 0 Å². The van der Waals surface area contributed by atoms with Crippen molar-refractivity contribution < 1.29 is 13.2 Å². The van der Waals surface area contributed by atoms with Crippen molar-refractivity contribution in [3.8, 4) is 11.4 Å². The van der Waals surface area contributed by atoms with Gasteiger partial charge in [-0.3, -0.25) is 9.52 Å². The number of carbonyl (C=O) groups excluding carboxylic acids is 1. The van der Waals surface area contributed by atoms with E-state index in [9.17, 15) is 13.2 Å². The molecule has 168 valence electrons. The number of rotatable bonds is 9. The molecule has 0 atom stereocenters. The lowest BCUT2D eigenvalue weighted by atomic mass is 10.2. The van der Waals surface area contributed by atoms with Crippen LogP contribution in [0.3, 0.4) is 0 Å². The van der Waals surface area contributed by atoms with E-state index < -0.39 is 10.0 Å². The van der Waals surface area contributed by atoms with Crippen molar-refractivity contribution in [2.75, 3.05) is 10.0 Å². The lowest BCUT2D eigenvalue weighted by Gasteiger charge is -2.10. The van der Waals surface area contributed by atoms with Crippen LogP contribution in [-0.2, 0) is 21.4 Å². The number of aryl methyl sites for hydroxylation is 1. The Labute approximate surface area is 191 Å². The van der Waals surface area contributed by atoms with E-state index in [1.165, 1.54) is 16.9 Å². The smallest absolute Gasteiger partial charge is 0.261 e. The summed E-state index contributed by atoms with van der Waals surface area (Å²) in [4.78, 5) is 14.0. The number of tetrazole rings is 1. The molecule has 4 aromatic rings. The highest BCUT2D eigenvalue weighted by Gasteiger charge is 2.14. The van der Waals surface area contributed by atoms with E-state index in [-0.39, 0.29) is 17.2 Å². The number of benzene rings is 3. The van der Waals surface area contributed by atoms with Crippen LogP contribution < -0.4 is 10.0 Å². The standard InChI is InChI=1S/C23H22N6O3S/c30-22(15-8-16-29-26-23(25-28-29)18-9-3-1-4-10-18)24-19-11-7-12-20(17-19)27-33(31,32)21-13-5-2-6-14-21/h1-7,9-14,17,27H,8,15-16H2,(H,24,30). The van der Waals surface area contributed by atoms with Crippen LogP contribution in [0.4, 0.5) is 11.4 Å². The maximum absolute atomic E-state index is 12.5. The van der Waals surface area contributed by atoms with Gasteiger partial charge < -0.3 is 5.32 Å². The zero-order chi connectivity index (χ0) is 23.1. The van der Waals surface area contributed by atoms with Crippen LogP contribution in [0.25, 0.3) is 11.4 Å². The third kappa shape index (κ3) is 6.01. The van der Waals surface area contributed by atoms with E-state index in [1.54, 1.807) is 42.5 Å². The third-order valence-electron chi connectivity index (χ3n) is 4.70. The summed E-state index contributed by atoms with van der Waals surface area (Å²) in [6, 6.07) is 24.2. The summed E-state index contributed by atoms with van der Waals surface area (Å²) >= 11 is 0. The second-order valence-electron chi connectivity index (χ2n) is 7.23. The molecule has 1 aromatic heterocycles. The molecule has 33 heavy (non-hydrogen) atoms. The average molecular weight is 463 g/mol. The Morgan fingerprint density at radius 2 is 1.58 bits per heavy atom. The summed E-state index contributed by atoms with van der Waals surface area (Å²) in [5.74, 6) is 0.344. The van der Waals surface area contributed by atoms with E-state index in [0.29, 0.717) is 30.2 Å². The Balaban J connectivity index is 1.29. The minimum Gasteiger partial charge on any atom is -0.326 e. The molecule has 0 saturated heterocycles. The minimum absolute atomic E-state index is 0.164. The molecule has 9 nitrogen and oxygen atoms in total. The lowest BCUT2D eigenvalue weighted by Crippen LogP contribution is -2.15. The highest BCUT2D eigenvalue weighted by Crippen LogP contribution is 2.20. The monoisotopic (exact) mass is 462 g/mol. The van der Waals surface area contributed by atoms with E-state index in [2.05, 4.69) is 25.4 Å². The molecule has 1 heterocycles. The van der Waals surface area contributed by atoms with E-state index in [4.69, 9.17) is 0 Å². The van der Waals surface area contributed by atoms with Gasteiger partial charge in [-0.2, -0.15) is 4.80 Å². The number of sulfonamides is 1. The first-order valence-corrected chi connectivity index (χ1v) is 11.8. The molecule has 0 spiro atoms. The Bertz CT molecular complexity index is 1320. The molecule has 0 bridgehead atoms. The number of nitrogens with zero attached hydrogens (tertiary/aromatic N) is 4. The van der Waals surface area contributed by atoms with Crippen molar-refractivity contribution in [1.82, 2.24) is 20.2 Å². The zero-order valence-electron chi connectivity index (χ0n) is 17.6. The molecule has 2 N–H and O–H groups in total. The van der Waals surface area contributed by atoms with Gasteiger partial charge in [0.1, 0.15) is 0 Å². The zero-order valence-corrected chi connectivity index (χ0v) is 18.4. The van der Waals surface area contributed by atoms with Crippen LogP contribution in [-0.4, -0.2) is 34.5 Å². The van der Waals surface area contributed by atoms with Gasteiger partial charge in [0.15, 0.2) is 0 Å². The van der Waals surface area contributed by atoms with E-state index >= 15 is 0 Å². The molecule has 10 heteroatoms. The normalized spacial score (nSPS) is 11.2. The molecule has 0 unspecified atom stereocenters. The Morgan fingerprint density at radius 3 is 2.33 bits per heavy atom. The largest absolute Gasteiger partial charge is 0.326 e. The van der Waals surface area contributed by atoms with Gasteiger partial charge in [-0.05, 0) is 42.0 Å². The summed E-state index contributed by atoms with van der Waals surface area (Å²) in [7, 11) is -3.71. The molecule has 1 amide bonds. The summed E-state index contributed by atoms with van der Waals surface area (Å²) in [5, 5.41) is 15.2. The van der Waals surface area contributed by atoms with Gasteiger partial charge in [0.2, 0.25) is 11.7 Å². The molecule has 0 aliphatic carbocycles. The maximum Gasteiger partial charge on any atom is 0.261 e. The fourth-order valence-corrected chi connectivity index (χ4v) is 4.19. The highest BCUT2D eigenvalue weighted by molar-refractivity contribution is 7.92. The summed E-state index contributed by atoms with van der Waals surface area (Å²) in [6.07, 6.45) is 0.777. The topological polar surface area (TPSA) is 119 Å². The number of hydrogen-bond donors (Lipinski definition) is 2. The van der Waals surface area contributed by atoms with Crippen LogP contribution in [0.2, 0.25) is 0 Å². The van der Waals surface area contributed by atoms with Crippen LogP contribution in [0.5, 0.6) is 0 Å². The van der Waals surface area contributed by atoms with Gasteiger partial charge in [-0.1, -0.05) is 54.6 Å². The molecular formula is C23H22N6O3S. The molecule has 0 saturated carbocycles. The minimum atomic E-state index is -3.71. The predicted molar refractivity (Wildman–Crippen MR) is 125 cm³/mol. The van der Waals surface area contributed by atoms with Crippen LogP contribution in [0.15, 0.2) is 89.8 Å². The molecule has 0 aliphatic heterocycles. The van der Waals surface area contributed by atoms with E-state index in [0.717, 1.165) is 5.56 Å². The first kappa shape index (κ1) is 22.2. The summed E-state index contributed by atoms with van der Waals surface area (Å²) < 4.78 is 27.5. The maximum atomic E-state index is 12.5. The molecule has 0 radical (unpaired) electrons. The van der Waals surface area contributed by atoms with Gasteiger partial charge in [-0.25, -0.2) is 8.42 Å². The van der Waals surface area contributed by atoms with Gasteiger partial charge in [0.05, 0.1) is 17.1 Å². The van der Waals surface area contributed by atoms with Crippen LogP contribution in [0.1, 0.15) is 12.8 Å². The van der Waals surface area contributed by atoms with Gasteiger partial charge >= 0.3 is 0 Å². The Kier molecular flexibility index (Phi) is 6.75. The number of anilines is 2. The van der Waals surface area contributed by atoms with Crippen molar-refractivity contribution in [2.45, 2.75) is 24.3 Å². The molecule has 3 aromatic carbocycles.